The lowest BCUT2D eigenvalue weighted by atomic mass is 9.92. The Morgan fingerprint density at radius 3 is 2.64 bits per heavy atom. The molecule has 1 heterocycles. The van der Waals surface area contributed by atoms with E-state index in [0.29, 0.717) is 17.7 Å². The minimum Gasteiger partial charge on any atom is -0.298 e. The van der Waals surface area contributed by atoms with E-state index in [1.807, 2.05) is 0 Å². The van der Waals surface area contributed by atoms with Gasteiger partial charge in [0.15, 0.2) is 0 Å². The van der Waals surface area contributed by atoms with Gasteiger partial charge >= 0.3 is 0 Å². The molecule has 2 atom stereocenters. The first-order chi connectivity index (χ1) is 6.68. The van der Waals surface area contributed by atoms with Crippen molar-refractivity contribution in [2.45, 2.75) is 45.6 Å². The molecule has 80 valence electrons. The van der Waals surface area contributed by atoms with Crippen molar-refractivity contribution in [2.24, 2.45) is 11.8 Å². The summed E-state index contributed by atoms with van der Waals surface area (Å²) in [4.78, 5) is 14.1. The lowest BCUT2D eigenvalue weighted by Gasteiger charge is -2.37. The van der Waals surface area contributed by atoms with Crippen LogP contribution in [0.3, 0.4) is 0 Å². The summed E-state index contributed by atoms with van der Waals surface area (Å²) in [5.41, 5.74) is 0. The van der Waals surface area contributed by atoms with E-state index in [9.17, 15) is 4.79 Å². The van der Waals surface area contributed by atoms with Crippen molar-refractivity contribution >= 4 is 5.78 Å². The van der Waals surface area contributed by atoms with E-state index in [2.05, 4.69) is 18.7 Å². The summed E-state index contributed by atoms with van der Waals surface area (Å²) in [6.07, 6.45) is 4.89. The Balaban J connectivity index is 1.85. The van der Waals surface area contributed by atoms with Crippen molar-refractivity contribution in [1.82, 2.24) is 4.90 Å². The van der Waals surface area contributed by atoms with Gasteiger partial charge in [0.2, 0.25) is 0 Å². The number of hydrogen-bond donors (Lipinski definition) is 0. The van der Waals surface area contributed by atoms with E-state index in [0.717, 1.165) is 31.8 Å². The van der Waals surface area contributed by atoms with Crippen molar-refractivity contribution in [2.75, 3.05) is 13.1 Å². The van der Waals surface area contributed by atoms with Crippen LogP contribution in [0.1, 0.15) is 39.5 Å². The van der Waals surface area contributed by atoms with Gasteiger partial charge in [-0.25, -0.2) is 0 Å². The summed E-state index contributed by atoms with van der Waals surface area (Å²) in [5.74, 6) is 1.68. The number of ketones is 1. The Bertz CT molecular complexity index is 222. The zero-order valence-corrected chi connectivity index (χ0v) is 9.33. The Labute approximate surface area is 86.7 Å². The standard InChI is InChI=1S/C12H21NO/c1-9-4-3-7-13(10(9)2)8-12(14)11-5-6-11/h9-11H,3-8H2,1-2H3. The summed E-state index contributed by atoms with van der Waals surface area (Å²) in [5, 5.41) is 0. The van der Waals surface area contributed by atoms with E-state index in [4.69, 9.17) is 0 Å². The highest BCUT2D eigenvalue weighted by Gasteiger charge is 2.33. The van der Waals surface area contributed by atoms with Gasteiger partial charge in [0.05, 0.1) is 6.54 Å². The number of rotatable bonds is 3. The number of Topliss-reactive ketones (excluding diaryl/α,β-unsaturated/α-hetero) is 1. The molecule has 1 aliphatic carbocycles. The minimum absolute atomic E-state index is 0.430. The van der Waals surface area contributed by atoms with Gasteiger partial charge in [0.25, 0.3) is 0 Å². The highest BCUT2D eigenvalue weighted by Crippen LogP contribution is 2.31. The third-order valence-electron chi connectivity index (χ3n) is 3.90. The fraction of sp³-hybridized carbons (Fsp3) is 0.917. The summed E-state index contributed by atoms with van der Waals surface area (Å²) in [6, 6.07) is 0.603. The van der Waals surface area contributed by atoms with E-state index in [1.54, 1.807) is 0 Å². The van der Waals surface area contributed by atoms with Crippen molar-refractivity contribution in [3.05, 3.63) is 0 Å². The molecule has 0 bridgehead atoms. The van der Waals surface area contributed by atoms with E-state index in [-0.39, 0.29) is 0 Å². The van der Waals surface area contributed by atoms with Crippen LogP contribution in [-0.4, -0.2) is 29.8 Å². The molecule has 0 radical (unpaired) electrons. The van der Waals surface area contributed by atoms with Crippen LogP contribution in [-0.2, 0) is 4.79 Å². The molecule has 0 aromatic rings. The van der Waals surface area contributed by atoms with Crippen LogP contribution >= 0.6 is 0 Å². The number of nitrogens with zero attached hydrogens (tertiary/aromatic N) is 1. The van der Waals surface area contributed by atoms with Crippen LogP contribution in [0.2, 0.25) is 0 Å². The minimum atomic E-state index is 0.430. The molecular formula is C12H21NO. The maximum atomic E-state index is 11.7. The normalized spacial score (nSPS) is 34.4. The van der Waals surface area contributed by atoms with Gasteiger partial charge in [0.1, 0.15) is 5.78 Å². The number of likely N-dealkylation sites (tertiary alicyclic amines) is 1. The van der Waals surface area contributed by atoms with Crippen LogP contribution in [0, 0.1) is 11.8 Å². The van der Waals surface area contributed by atoms with Gasteiger partial charge in [-0.05, 0) is 45.1 Å². The molecule has 0 amide bonds. The largest absolute Gasteiger partial charge is 0.298 e. The topological polar surface area (TPSA) is 20.3 Å². The summed E-state index contributed by atoms with van der Waals surface area (Å²) in [7, 11) is 0. The van der Waals surface area contributed by atoms with E-state index in [1.165, 1.54) is 12.8 Å². The summed E-state index contributed by atoms with van der Waals surface area (Å²) < 4.78 is 0. The highest BCUT2D eigenvalue weighted by molar-refractivity contribution is 5.85. The second-order valence-electron chi connectivity index (χ2n) is 5.07. The van der Waals surface area contributed by atoms with Crippen molar-refractivity contribution in [3.8, 4) is 0 Å². The molecule has 1 saturated heterocycles. The zero-order chi connectivity index (χ0) is 10.1. The fourth-order valence-corrected chi connectivity index (χ4v) is 2.38. The quantitative estimate of drug-likeness (QED) is 0.687. The lowest BCUT2D eigenvalue weighted by molar-refractivity contribution is -0.122. The molecule has 0 aromatic carbocycles. The monoisotopic (exact) mass is 195 g/mol. The molecule has 2 nitrogen and oxygen atoms in total. The van der Waals surface area contributed by atoms with Gasteiger partial charge in [0, 0.05) is 12.0 Å². The molecule has 1 aliphatic heterocycles. The van der Waals surface area contributed by atoms with Crippen LogP contribution in [0.25, 0.3) is 0 Å². The second-order valence-corrected chi connectivity index (χ2v) is 5.07. The van der Waals surface area contributed by atoms with Gasteiger partial charge in [-0.1, -0.05) is 6.92 Å². The maximum absolute atomic E-state index is 11.7. The zero-order valence-electron chi connectivity index (χ0n) is 9.33. The SMILES string of the molecule is CC1CCCN(CC(=O)C2CC2)C1C. The molecule has 2 unspecified atom stereocenters. The van der Waals surface area contributed by atoms with Gasteiger partial charge < -0.3 is 0 Å². The number of piperidine rings is 1. The first-order valence-electron chi connectivity index (χ1n) is 5.95. The number of hydrogen-bond acceptors (Lipinski definition) is 2. The molecule has 0 spiro atoms. The predicted octanol–water partition coefficient (Wildman–Crippen LogP) is 2.09. The van der Waals surface area contributed by atoms with Crippen LogP contribution in [0.5, 0.6) is 0 Å². The Hall–Kier alpha value is -0.370. The van der Waals surface area contributed by atoms with Gasteiger partial charge in [-0.3, -0.25) is 9.69 Å². The molecule has 2 rings (SSSR count). The predicted molar refractivity (Wildman–Crippen MR) is 57.2 cm³/mol. The Morgan fingerprint density at radius 2 is 2.00 bits per heavy atom. The molecule has 2 fully saturated rings. The van der Waals surface area contributed by atoms with E-state index >= 15 is 0 Å². The summed E-state index contributed by atoms with van der Waals surface area (Å²) >= 11 is 0. The van der Waals surface area contributed by atoms with Crippen LogP contribution < -0.4 is 0 Å². The molecule has 2 heteroatoms. The smallest absolute Gasteiger partial charge is 0.149 e. The molecule has 14 heavy (non-hydrogen) atoms. The second kappa shape index (κ2) is 4.01. The lowest BCUT2D eigenvalue weighted by Crippen LogP contribution is -2.45. The average Bonchev–Trinajstić information content (AvgIpc) is 2.95. The third kappa shape index (κ3) is 2.17. The van der Waals surface area contributed by atoms with Gasteiger partial charge in [-0.15, -0.1) is 0 Å². The third-order valence-corrected chi connectivity index (χ3v) is 3.90. The van der Waals surface area contributed by atoms with Gasteiger partial charge in [-0.2, -0.15) is 0 Å². The molecule has 2 aliphatic rings. The Morgan fingerprint density at radius 1 is 1.29 bits per heavy atom. The highest BCUT2D eigenvalue weighted by atomic mass is 16.1. The number of carbonyl (C=O) groups excluding carboxylic acids is 1. The summed E-state index contributed by atoms with van der Waals surface area (Å²) in [6.45, 7) is 6.42. The maximum Gasteiger partial charge on any atom is 0.149 e. The van der Waals surface area contributed by atoms with Crippen LogP contribution in [0.4, 0.5) is 0 Å². The van der Waals surface area contributed by atoms with Crippen molar-refractivity contribution in [1.29, 1.82) is 0 Å². The Kier molecular flexibility index (Phi) is 2.91. The molecular weight excluding hydrogens is 174 g/mol. The van der Waals surface area contributed by atoms with E-state index < -0.39 is 0 Å². The molecule has 0 N–H and O–H groups in total. The molecule has 0 aromatic heterocycles. The number of carbonyl (C=O) groups is 1. The van der Waals surface area contributed by atoms with Crippen molar-refractivity contribution in [3.63, 3.8) is 0 Å². The first-order valence-corrected chi connectivity index (χ1v) is 5.95. The molecule has 1 saturated carbocycles. The first kappa shape index (κ1) is 10.2. The van der Waals surface area contributed by atoms with Crippen molar-refractivity contribution < 1.29 is 4.79 Å². The average molecular weight is 195 g/mol. The van der Waals surface area contributed by atoms with Crippen LogP contribution in [0.15, 0.2) is 0 Å². The fourth-order valence-electron chi connectivity index (χ4n) is 2.38.